The maximum Gasteiger partial charge on any atom is 0.339 e. The monoisotopic (exact) mass is 511 g/mol. The summed E-state index contributed by atoms with van der Waals surface area (Å²) in [5.41, 5.74) is 0.460. The zero-order valence-electron chi connectivity index (χ0n) is 19.3. The summed E-state index contributed by atoms with van der Waals surface area (Å²) in [5, 5.41) is 12.9. The van der Waals surface area contributed by atoms with Gasteiger partial charge in [0.1, 0.15) is 10.6 Å². The molecule has 0 aromatic heterocycles. The summed E-state index contributed by atoms with van der Waals surface area (Å²) >= 11 is 1.34. The summed E-state index contributed by atoms with van der Waals surface area (Å²) in [6.45, 7) is 4.35. The van der Waals surface area contributed by atoms with Crippen LogP contribution in [0.4, 0.5) is 0 Å². The van der Waals surface area contributed by atoms with Crippen LogP contribution in [0.25, 0.3) is 10.8 Å². The van der Waals surface area contributed by atoms with Crippen LogP contribution in [0, 0.1) is 0 Å². The van der Waals surface area contributed by atoms with Gasteiger partial charge in [0.15, 0.2) is 10.9 Å². The van der Waals surface area contributed by atoms with Gasteiger partial charge in [0.05, 0.1) is 18.1 Å². The first kappa shape index (κ1) is 24.7. The molecular weight excluding hydrogens is 486 g/mol. The van der Waals surface area contributed by atoms with Crippen LogP contribution in [0.3, 0.4) is 0 Å². The minimum Gasteiger partial charge on any atom is -0.494 e. The van der Waals surface area contributed by atoms with Crippen molar-refractivity contribution in [3.05, 3.63) is 66.2 Å². The number of amidine groups is 1. The Balaban J connectivity index is 1.64. The van der Waals surface area contributed by atoms with Gasteiger partial charge in [-0.1, -0.05) is 55.4 Å². The van der Waals surface area contributed by atoms with Crippen LogP contribution in [0.5, 0.6) is 11.5 Å². The number of fused-ring (bicyclic) bond motifs is 1. The molecule has 10 heteroatoms. The van der Waals surface area contributed by atoms with Gasteiger partial charge >= 0.3 is 10.1 Å². The molecule has 1 amide bonds. The summed E-state index contributed by atoms with van der Waals surface area (Å²) < 4.78 is 36.9. The topological polar surface area (TPSA) is 106 Å². The average molecular weight is 512 g/mol. The van der Waals surface area contributed by atoms with E-state index in [1.54, 1.807) is 24.3 Å². The Bertz CT molecular complexity index is 1390. The number of carbonyl (C=O) groups is 1. The first-order valence-corrected chi connectivity index (χ1v) is 13.5. The number of hydrogen-bond donors (Lipinski definition) is 1. The van der Waals surface area contributed by atoms with Crippen LogP contribution in [0.15, 0.2) is 75.8 Å². The molecule has 3 aromatic carbocycles. The second-order valence-electron chi connectivity index (χ2n) is 7.67. The number of benzene rings is 3. The lowest BCUT2D eigenvalue weighted by molar-refractivity contribution is -0.118. The van der Waals surface area contributed by atoms with Crippen LogP contribution in [0.2, 0.25) is 0 Å². The van der Waals surface area contributed by atoms with Crippen molar-refractivity contribution >= 4 is 49.9 Å². The Labute approximate surface area is 208 Å². The quantitative estimate of drug-likeness (QED) is 0.253. The maximum atomic E-state index is 13.0. The number of rotatable bonds is 9. The van der Waals surface area contributed by atoms with E-state index in [9.17, 15) is 13.2 Å². The second-order valence-corrected chi connectivity index (χ2v) is 10.4. The molecule has 0 spiro atoms. The molecule has 0 aliphatic carbocycles. The number of thioether (sulfide) groups is 1. The van der Waals surface area contributed by atoms with Gasteiger partial charge in [0, 0.05) is 5.56 Å². The molecule has 1 fully saturated rings. The van der Waals surface area contributed by atoms with Crippen molar-refractivity contribution in [1.29, 1.82) is 0 Å². The summed E-state index contributed by atoms with van der Waals surface area (Å²) in [5.74, 6) is 0.608. The highest BCUT2D eigenvalue weighted by atomic mass is 32.2. The van der Waals surface area contributed by atoms with Gasteiger partial charge in [-0.2, -0.15) is 13.5 Å². The Morgan fingerprint density at radius 3 is 2.57 bits per heavy atom. The first-order valence-electron chi connectivity index (χ1n) is 11.2. The van der Waals surface area contributed by atoms with E-state index >= 15 is 0 Å². The Morgan fingerprint density at radius 1 is 1.06 bits per heavy atom. The molecule has 1 saturated heterocycles. The number of ether oxygens (including phenoxy) is 1. The van der Waals surface area contributed by atoms with Gasteiger partial charge in [-0.25, -0.2) is 0 Å². The molecule has 0 bridgehead atoms. The van der Waals surface area contributed by atoms with E-state index < -0.39 is 10.1 Å². The standard InChI is InChI=1S/C25H25N3O5S2/c1-3-7-23-24(29)27-25(34-23)28-26-16-21-20-9-6-5-8-17(20)10-15-22(21)33-35(30,31)19-13-11-18(12-14-19)32-4-2/h5-6,8-16,23H,3-4,7H2,1-2H3,(H,27,28,29). The van der Waals surface area contributed by atoms with Crippen molar-refractivity contribution in [3.63, 3.8) is 0 Å². The molecule has 1 aliphatic heterocycles. The summed E-state index contributed by atoms with van der Waals surface area (Å²) in [4.78, 5) is 12.0. The predicted octanol–water partition coefficient (Wildman–Crippen LogP) is 4.73. The predicted molar refractivity (Wildman–Crippen MR) is 139 cm³/mol. The van der Waals surface area contributed by atoms with E-state index in [-0.39, 0.29) is 21.8 Å². The van der Waals surface area contributed by atoms with Crippen molar-refractivity contribution in [2.45, 2.75) is 36.8 Å². The van der Waals surface area contributed by atoms with Gasteiger partial charge in [-0.3, -0.25) is 4.79 Å². The molecule has 1 N–H and O–H groups in total. The fraction of sp³-hybridized carbons (Fsp3) is 0.240. The molecule has 182 valence electrons. The molecule has 1 aliphatic rings. The Hall–Kier alpha value is -3.37. The maximum absolute atomic E-state index is 13.0. The third-order valence-electron chi connectivity index (χ3n) is 5.22. The molecule has 3 aromatic rings. The van der Waals surface area contributed by atoms with E-state index in [1.807, 2.05) is 38.1 Å². The average Bonchev–Trinajstić information content (AvgIpc) is 3.20. The Morgan fingerprint density at radius 2 is 1.83 bits per heavy atom. The van der Waals surface area contributed by atoms with Crippen LogP contribution in [0.1, 0.15) is 32.3 Å². The van der Waals surface area contributed by atoms with Crippen molar-refractivity contribution in [3.8, 4) is 11.5 Å². The van der Waals surface area contributed by atoms with Gasteiger partial charge < -0.3 is 14.2 Å². The van der Waals surface area contributed by atoms with Crippen molar-refractivity contribution in [1.82, 2.24) is 5.32 Å². The Kier molecular flexibility index (Phi) is 7.72. The molecule has 35 heavy (non-hydrogen) atoms. The zero-order valence-corrected chi connectivity index (χ0v) is 20.9. The minimum absolute atomic E-state index is 0.00396. The molecular formula is C25H25N3O5S2. The summed E-state index contributed by atoms with van der Waals surface area (Å²) in [7, 11) is -4.11. The number of carbonyl (C=O) groups excluding carboxylic acids is 1. The highest BCUT2D eigenvalue weighted by Gasteiger charge is 2.29. The van der Waals surface area contributed by atoms with Crippen LogP contribution >= 0.6 is 11.8 Å². The molecule has 0 saturated carbocycles. The first-order chi connectivity index (χ1) is 16.9. The van der Waals surface area contributed by atoms with Gasteiger partial charge in [-0.05, 0) is 54.4 Å². The molecule has 4 rings (SSSR count). The number of nitrogens with one attached hydrogen (secondary N) is 1. The minimum atomic E-state index is -4.11. The molecule has 1 unspecified atom stereocenters. The van der Waals surface area contributed by atoms with E-state index in [2.05, 4.69) is 15.5 Å². The van der Waals surface area contributed by atoms with Crippen molar-refractivity contribution < 1.29 is 22.1 Å². The molecule has 8 nitrogen and oxygen atoms in total. The third-order valence-corrected chi connectivity index (χ3v) is 7.61. The molecule has 1 heterocycles. The molecule has 0 radical (unpaired) electrons. The highest BCUT2D eigenvalue weighted by molar-refractivity contribution is 8.15. The van der Waals surface area contributed by atoms with Gasteiger partial charge in [0.2, 0.25) is 5.91 Å². The number of nitrogens with zero attached hydrogens (tertiary/aromatic N) is 2. The second kappa shape index (κ2) is 10.9. The van der Waals surface area contributed by atoms with E-state index in [0.717, 1.165) is 23.6 Å². The zero-order chi connectivity index (χ0) is 24.8. The lowest BCUT2D eigenvalue weighted by Gasteiger charge is -2.12. The van der Waals surface area contributed by atoms with E-state index in [0.29, 0.717) is 23.1 Å². The summed E-state index contributed by atoms with van der Waals surface area (Å²) in [6, 6.07) is 16.9. The fourth-order valence-electron chi connectivity index (χ4n) is 3.56. The largest absolute Gasteiger partial charge is 0.494 e. The highest BCUT2D eigenvalue weighted by Crippen LogP contribution is 2.30. The van der Waals surface area contributed by atoms with Crippen LogP contribution in [-0.4, -0.2) is 37.6 Å². The van der Waals surface area contributed by atoms with Gasteiger partial charge in [0.25, 0.3) is 0 Å². The molecule has 1 atom stereocenters. The van der Waals surface area contributed by atoms with Gasteiger partial charge in [-0.15, -0.1) is 5.10 Å². The smallest absolute Gasteiger partial charge is 0.339 e. The SMILES string of the molecule is CCCC1S/C(=N\N=Cc2c(OS(=O)(=O)c3ccc(OCC)cc3)ccc3ccccc23)NC1=O. The third kappa shape index (κ3) is 5.83. The number of hydrogen-bond acceptors (Lipinski definition) is 8. The van der Waals surface area contributed by atoms with Crippen LogP contribution < -0.4 is 14.2 Å². The fourth-order valence-corrected chi connectivity index (χ4v) is 5.55. The van der Waals surface area contributed by atoms with Crippen LogP contribution in [-0.2, 0) is 14.9 Å². The number of amides is 1. The lowest BCUT2D eigenvalue weighted by atomic mass is 10.0. The van der Waals surface area contributed by atoms with E-state index in [4.69, 9.17) is 8.92 Å². The van der Waals surface area contributed by atoms with Crippen molar-refractivity contribution in [2.24, 2.45) is 10.2 Å². The lowest BCUT2D eigenvalue weighted by Crippen LogP contribution is -2.24. The summed E-state index contributed by atoms with van der Waals surface area (Å²) in [6.07, 6.45) is 3.09. The van der Waals surface area contributed by atoms with E-state index in [1.165, 1.54) is 30.1 Å². The van der Waals surface area contributed by atoms with Crippen molar-refractivity contribution in [2.75, 3.05) is 6.61 Å². The normalized spacial score (nSPS) is 17.3.